The lowest BCUT2D eigenvalue weighted by Gasteiger charge is -2.10. The van der Waals surface area contributed by atoms with Crippen LogP contribution in [0.4, 0.5) is 5.69 Å². The number of benzene rings is 2. The molecule has 0 fully saturated rings. The highest BCUT2D eigenvalue weighted by atomic mass is 32.2. The number of rotatable bonds is 5. The normalized spacial score (nSPS) is 11.6. The zero-order chi connectivity index (χ0) is 19.8. The molecule has 1 N–H and O–H groups in total. The first-order valence-electron chi connectivity index (χ1n) is 8.44. The average Bonchev–Trinajstić information content (AvgIpc) is 2.98. The number of sulfonamides is 1. The monoisotopic (exact) mass is 383 g/mol. The zero-order valence-corrected chi connectivity index (χ0v) is 16.5. The van der Waals surface area contributed by atoms with Gasteiger partial charge in [0.1, 0.15) is 5.75 Å². The van der Waals surface area contributed by atoms with Gasteiger partial charge in [0.25, 0.3) is 0 Å². The number of ether oxygens (including phenoxy) is 1. The van der Waals surface area contributed by atoms with Crippen molar-refractivity contribution < 1.29 is 13.2 Å². The number of nitrogens with zero attached hydrogens (tertiary/aromatic N) is 2. The highest BCUT2D eigenvalue weighted by Gasteiger charge is 2.17. The van der Waals surface area contributed by atoms with E-state index >= 15 is 0 Å². The Morgan fingerprint density at radius 2 is 1.89 bits per heavy atom. The van der Waals surface area contributed by atoms with Crippen molar-refractivity contribution in [1.29, 1.82) is 5.26 Å². The van der Waals surface area contributed by atoms with Crippen LogP contribution in [0.15, 0.2) is 42.6 Å². The van der Waals surface area contributed by atoms with E-state index in [4.69, 9.17) is 10.00 Å². The van der Waals surface area contributed by atoms with Gasteiger partial charge in [-0.25, -0.2) is 8.42 Å². The lowest BCUT2D eigenvalue weighted by Crippen LogP contribution is -2.09. The van der Waals surface area contributed by atoms with E-state index in [-0.39, 0.29) is 6.04 Å². The van der Waals surface area contributed by atoms with Crippen LogP contribution in [0.1, 0.15) is 25.5 Å². The van der Waals surface area contributed by atoms with Gasteiger partial charge in [0, 0.05) is 28.8 Å². The SMILES string of the molecule is COc1cc(C#N)ccc1-c1cn(C(C)C)c2cc(NS(C)(=O)=O)ccc12. The van der Waals surface area contributed by atoms with Crippen molar-refractivity contribution in [1.82, 2.24) is 4.57 Å². The van der Waals surface area contributed by atoms with Crippen molar-refractivity contribution in [3.05, 3.63) is 48.2 Å². The van der Waals surface area contributed by atoms with Gasteiger partial charge < -0.3 is 9.30 Å². The van der Waals surface area contributed by atoms with Crippen molar-refractivity contribution >= 4 is 26.6 Å². The average molecular weight is 383 g/mol. The molecule has 0 spiro atoms. The Labute approximate surface area is 159 Å². The summed E-state index contributed by atoms with van der Waals surface area (Å²) >= 11 is 0. The second-order valence-electron chi connectivity index (χ2n) is 6.68. The molecule has 27 heavy (non-hydrogen) atoms. The summed E-state index contributed by atoms with van der Waals surface area (Å²) in [6.45, 7) is 4.13. The topological polar surface area (TPSA) is 84.1 Å². The molecule has 0 radical (unpaired) electrons. The molecule has 3 rings (SSSR count). The predicted octanol–water partition coefficient (Wildman–Crippen LogP) is 4.14. The highest BCUT2D eigenvalue weighted by Crippen LogP contribution is 2.38. The summed E-state index contributed by atoms with van der Waals surface area (Å²) < 4.78 is 33.2. The molecule has 0 saturated carbocycles. The summed E-state index contributed by atoms with van der Waals surface area (Å²) in [7, 11) is -1.77. The standard InChI is InChI=1S/C20H21N3O3S/c1-13(2)23-12-18(17-7-5-14(11-21)9-20(17)26-3)16-8-6-15(10-19(16)23)22-27(4,24)25/h5-10,12-13,22H,1-4H3. The van der Waals surface area contributed by atoms with Crippen LogP contribution >= 0.6 is 0 Å². The van der Waals surface area contributed by atoms with Gasteiger partial charge >= 0.3 is 0 Å². The Morgan fingerprint density at radius 1 is 1.15 bits per heavy atom. The molecule has 140 valence electrons. The van der Waals surface area contributed by atoms with Gasteiger partial charge in [-0.05, 0) is 44.2 Å². The fraction of sp³-hybridized carbons (Fsp3) is 0.250. The molecular weight excluding hydrogens is 362 g/mol. The Hall–Kier alpha value is -2.98. The van der Waals surface area contributed by atoms with Crippen molar-refractivity contribution in [3.63, 3.8) is 0 Å². The third-order valence-electron chi connectivity index (χ3n) is 4.31. The molecule has 7 heteroatoms. The van der Waals surface area contributed by atoms with E-state index < -0.39 is 10.0 Å². The van der Waals surface area contributed by atoms with Crippen LogP contribution in [0.5, 0.6) is 5.75 Å². The summed E-state index contributed by atoms with van der Waals surface area (Å²) in [6, 6.07) is 13.1. The van der Waals surface area contributed by atoms with Crippen molar-refractivity contribution in [2.45, 2.75) is 19.9 Å². The molecule has 3 aromatic rings. The Balaban J connectivity index is 2.25. The van der Waals surface area contributed by atoms with Gasteiger partial charge in [0.15, 0.2) is 0 Å². The number of aromatic nitrogens is 1. The molecule has 6 nitrogen and oxygen atoms in total. The fourth-order valence-electron chi connectivity index (χ4n) is 3.15. The van der Waals surface area contributed by atoms with Gasteiger partial charge in [-0.3, -0.25) is 4.72 Å². The van der Waals surface area contributed by atoms with E-state index in [9.17, 15) is 8.42 Å². The van der Waals surface area contributed by atoms with Crippen LogP contribution in [0.3, 0.4) is 0 Å². The van der Waals surface area contributed by atoms with E-state index in [0.717, 1.165) is 28.3 Å². The second kappa shape index (κ2) is 6.97. The third kappa shape index (κ3) is 3.76. The van der Waals surface area contributed by atoms with Gasteiger partial charge in [-0.15, -0.1) is 0 Å². The molecule has 0 bridgehead atoms. The van der Waals surface area contributed by atoms with Gasteiger partial charge in [0.05, 0.1) is 36.2 Å². The second-order valence-corrected chi connectivity index (χ2v) is 8.43. The first-order valence-corrected chi connectivity index (χ1v) is 10.3. The number of fused-ring (bicyclic) bond motifs is 1. The lowest BCUT2D eigenvalue weighted by atomic mass is 10.0. The molecule has 0 aliphatic carbocycles. The number of nitrogens with one attached hydrogen (secondary N) is 1. The van der Waals surface area contributed by atoms with Gasteiger partial charge in [-0.1, -0.05) is 6.07 Å². The minimum atomic E-state index is -3.35. The number of methoxy groups -OCH3 is 1. The van der Waals surface area contributed by atoms with E-state index in [1.165, 1.54) is 0 Å². The number of anilines is 1. The van der Waals surface area contributed by atoms with Gasteiger partial charge in [-0.2, -0.15) is 5.26 Å². The molecule has 0 aliphatic rings. The van der Waals surface area contributed by atoms with Crippen LogP contribution in [0.2, 0.25) is 0 Å². The van der Waals surface area contributed by atoms with Crippen molar-refractivity contribution in [2.24, 2.45) is 0 Å². The molecule has 0 saturated heterocycles. The molecule has 0 atom stereocenters. The summed E-state index contributed by atoms with van der Waals surface area (Å²) in [5.74, 6) is 0.621. The van der Waals surface area contributed by atoms with E-state index in [1.807, 2.05) is 24.4 Å². The molecular formula is C20H21N3O3S. The molecule has 0 amide bonds. The minimum Gasteiger partial charge on any atom is -0.496 e. The zero-order valence-electron chi connectivity index (χ0n) is 15.6. The van der Waals surface area contributed by atoms with E-state index in [2.05, 4.69) is 29.2 Å². The maximum atomic E-state index is 11.6. The maximum absolute atomic E-state index is 11.6. The van der Waals surface area contributed by atoms with E-state index in [1.54, 1.807) is 25.3 Å². The lowest BCUT2D eigenvalue weighted by molar-refractivity contribution is 0.416. The van der Waals surface area contributed by atoms with Crippen LogP contribution in [-0.2, 0) is 10.0 Å². The first-order chi connectivity index (χ1) is 12.7. The number of hydrogen-bond donors (Lipinski definition) is 1. The fourth-order valence-corrected chi connectivity index (χ4v) is 3.71. The number of hydrogen-bond acceptors (Lipinski definition) is 4. The molecule has 1 heterocycles. The Kier molecular flexibility index (Phi) is 4.85. The molecule has 1 aromatic heterocycles. The smallest absolute Gasteiger partial charge is 0.229 e. The van der Waals surface area contributed by atoms with Crippen LogP contribution in [-0.4, -0.2) is 26.4 Å². The maximum Gasteiger partial charge on any atom is 0.229 e. The van der Waals surface area contributed by atoms with Crippen molar-refractivity contribution in [2.75, 3.05) is 18.1 Å². The Bertz CT molecular complexity index is 1160. The largest absolute Gasteiger partial charge is 0.496 e. The summed E-state index contributed by atoms with van der Waals surface area (Å²) in [5, 5.41) is 10.1. The molecule has 0 aliphatic heterocycles. The first kappa shape index (κ1) is 18.8. The highest BCUT2D eigenvalue weighted by molar-refractivity contribution is 7.92. The van der Waals surface area contributed by atoms with Crippen LogP contribution < -0.4 is 9.46 Å². The summed E-state index contributed by atoms with van der Waals surface area (Å²) in [6.07, 6.45) is 3.16. The number of nitriles is 1. The summed E-state index contributed by atoms with van der Waals surface area (Å²) in [4.78, 5) is 0. The quantitative estimate of drug-likeness (QED) is 0.718. The van der Waals surface area contributed by atoms with Gasteiger partial charge in [0.2, 0.25) is 10.0 Å². The van der Waals surface area contributed by atoms with Crippen molar-refractivity contribution in [3.8, 4) is 22.9 Å². The molecule has 0 unspecified atom stereocenters. The van der Waals surface area contributed by atoms with Crippen LogP contribution in [0, 0.1) is 11.3 Å². The summed E-state index contributed by atoms with van der Waals surface area (Å²) in [5.41, 5.74) is 3.81. The third-order valence-corrected chi connectivity index (χ3v) is 4.92. The Morgan fingerprint density at radius 3 is 2.48 bits per heavy atom. The minimum absolute atomic E-state index is 0.180. The van der Waals surface area contributed by atoms with E-state index in [0.29, 0.717) is 17.0 Å². The van der Waals surface area contributed by atoms with Crippen LogP contribution in [0.25, 0.3) is 22.0 Å². The predicted molar refractivity (Wildman–Crippen MR) is 107 cm³/mol. The molecule has 2 aromatic carbocycles.